The van der Waals surface area contributed by atoms with Gasteiger partial charge in [0.25, 0.3) is 0 Å². The summed E-state index contributed by atoms with van der Waals surface area (Å²) in [5.74, 6) is 0. The number of carbonyl (C=O) groups is 1. The van der Waals surface area contributed by atoms with Crippen molar-refractivity contribution in [2.45, 2.75) is 44.9 Å². The number of carbonyl (C=O) groups excluding carboxylic acids is 1. The van der Waals surface area contributed by atoms with E-state index < -0.39 is 0 Å². The van der Waals surface area contributed by atoms with Crippen LogP contribution in [-0.4, -0.2) is 58.3 Å². The van der Waals surface area contributed by atoms with Crippen molar-refractivity contribution >= 4 is 6.29 Å². The third-order valence-electron chi connectivity index (χ3n) is 4.32. The van der Waals surface area contributed by atoms with Crippen LogP contribution in [-0.2, 0) is 14.3 Å². The Balaban J connectivity index is 2.55. The predicted octanol–water partition coefficient (Wildman–Crippen LogP) is 2.51. The molecule has 4 heteroatoms. The molecular weight excluding hydrogens is 254 g/mol. The molecular formula is C16H31NO3. The highest BCUT2D eigenvalue weighted by molar-refractivity contribution is 5.59. The molecule has 1 rings (SSSR count). The van der Waals surface area contributed by atoms with Crippen molar-refractivity contribution in [3.05, 3.63) is 0 Å². The SMILES string of the molecule is COCCCN(CCOC)CC1(C=O)CCCCCC1. The number of hydrogen-bond donors (Lipinski definition) is 0. The monoisotopic (exact) mass is 285 g/mol. The molecule has 1 aliphatic rings. The fourth-order valence-electron chi connectivity index (χ4n) is 3.11. The van der Waals surface area contributed by atoms with Crippen molar-refractivity contribution in [1.82, 2.24) is 4.90 Å². The van der Waals surface area contributed by atoms with Crippen LogP contribution in [0.25, 0.3) is 0 Å². The summed E-state index contributed by atoms with van der Waals surface area (Å²) >= 11 is 0. The molecule has 118 valence electrons. The van der Waals surface area contributed by atoms with E-state index in [0.717, 1.165) is 52.1 Å². The third kappa shape index (κ3) is 6.33. The molecule has 0 bridgehead atoms. The minimum Gasteiger partial charge on any atom is -0.385 e. The van der Waals surface area contributed by atoms with E-state index in [0.29, 0.717) is 0 Å². The Morgan fingerprint density at radius 3 is 2.20 bits per heavy atom. The van der Waals surface area contributed by atoms with E-state index in [1.807, 2.05) is 0 Å². The van der Waals surface area contributed by atoms with E-state index in [1.54, 1.807) is 14.2 Å². The number of nitrogens with zero attached hydrogens (tertiary/aromatic N) is 1. The second-order valence-corrected chi connectivity index (χ2v) is 6.01. The van der Waals surface area contributed by atoms with E-state index in [2.05, 4.69) is 4.90 Å². The van der Waals surface area contributed by atoms with Crippen molar-refractivity contribution < 1.29 is 14.3 Å². The average Bonchev–Trinajstić information content (AvgIpc) is 2.71. The second kappa shape index (κ2) is 10.3. The van der Waals surface area contributed by atoms with Gasteiger partial charge in [-0.2, -0.15) is 0 Å². The van der Waals surface area contributed by atoms with E-state index in [1.165, 1.54) is 32.0 Å². The van der Waals surface area contributed by atoms with Crippen molar-refractivity contribution in [3.63, 3.8) is 0 Å². The predicted molar refractivity (Wildman–Crippen MR) is 81.0 cm³/mol. The highest BCUT2D eigenvalue weighted by Crippen LogP contribution is 2.34. The second-order valence-electron chi connectivity index (χ2n) is 6.01. The van der Waals surface area contributed by atoms with Crippen LogP contribution in [0, 0.1) is 5.41 Å². The molecule has 1 saturated carbocycles. The number of hydrogen-bond acceptors (Lipinski definition) is 4. The van der Waals surface area contributed by atoms with Gasteiger partial charge >= 0.3 is 0 Å². The van der Waals surface area contributed by atoms with Crippen LogP contribution in [0.4, 0.5) is 0 Å². The molecule has 0 unspecified atom stereocenters. The Kier molecular flexibility index (Phi) is 9.07. The Morgan fingerprint density at radius 2 is 1.65 bits per heavy atom. The lowest BCUT2D eigenvalue weighted by molar-refractivity contribution is -0.118. The third-order valence-corrected chi connectivity index (χ3v) is 4.32. The van der Waals surface area contributed by atoms with Gasteiger partial charge in [-0.3, -0.25) is 4.90 Å². The molecule has 1 aliphatic carbocycles. The molecule has 0 saturated heterocycles. The largest absolute Gasteiger partial charge is 0.385 e. The number of methoxy groups -OCH3 is 2. The van der Waals surface area contributed by atoms with E-state index in [-0.39, 0.29) is 5.41 Å². The van der Waals surface area contributed by atoms with Crippen molar-refractivity contribution in [2.24, 2.45) is 5.41 Å². The molecule has 0 N–H and O–H groups in total. The van der Waals surface area contributed by atoms with Gasteiger partial charge in [0.15, 0.2) is 0 Å². The number of ether oxygens (including phenoxy) is 2. The number of aldehydes is 1. The summed E-state index contributed by atoms with van der Waals surface area (Å²) in [7, 11) is 3.46. The molecule has 1 fully saturated rings. The van der Waals surface area contributed by atoms with Crippen LogP contribution in [0.1, 0.15) is 44.9 Å². The highest BCUT2D eigenvalue weighted by atomic mass is 16.5. The zero-order valence-corrected chi connectivity index (χ0v) is 13.2. The molecule has 20 heavy (non-hydrogen) atoms. The maximum atomic E-state index is 11.7. The molecule has 0 heterocycles. The summed E-state index contributed by atoms with van der Waals surface area (Å²) in [5, 5.41) is 0. The van der Waals surface area contributed by atoms with E-state index in [9.17, 15) is 4.79 Å². The van der Waals surface area contributed by atoms with Crippen LogP contribution in [0.3, 0.4) is 0 Å². The van der Waals surface area contributed by atoms with Crippen LogP contribution < -0.4 is 0 Å². The summed E-state index contributed by atoms with van der Waals surface area (Å²) in [6, 6.07) is 0. The first-order valence-corrected chi connectivity index (χ1v) is 7.93. The normalized spacial score (nSPS) is 18.9. The molecule has 0 aromatic rings. The summed E-state index contributed by atoms with van der Waals surface area (Å²) in [6.45, 7) is 4.26. The summed E-state index contributed by atoms with van der Waals surface area (Å²) in [5.41, 5.74) is -0.128. The standard InChI is InChI=1S/C16H31NO3/c1-19-12-7-10-17(11-13-20-2)14-16(15-18)8-5-3-4-6-9-16/h15H,3-14H2,1-2H3. The first kappa shape index (κ1) is 17.6. The molecule has 0 atom stereocenters. The fourth-order valence-corrected chi connectivity index (χ4v) is 3.11. The van der Waals surface area contributed by atoms with Crippen molar-refractivity contribution in [1.29, 1.82) is 0 Å². The first-order chi connectivity index (χ1) is 9.76. The molecule has 0 amide bonds. The van der Waals surface area contributed by atoms with Gasteiger partial charge in [0.1, 0.15) is 6.29 Å². The lowest BCUT2D eigenvalue weighted by Crippen LogP contribution is -2.41. The van der Waals surface area contributed by atoms with Crippen LogP contribution in [0.5, 0.6) is 0 Å². The van der Waals surface area contributed by atoms with Crippen molar-refractivity contribution in [2.75, 3.05) is 47.1 Å². The molecule has 0 aromatic heterocycles. The van der Waals surface area contributed by atoms with Crippen LogP contribution in [0.15, 0.2) is 0 Å². The zero-order valence-electron chi connectivity index (χ0n) is 13.2. The fraction of sp³-hybridized carbons (Fsp3) is 0.938. The van der Waals surface area contributed by atoms with Crippen LogP contribution in [0.2, 0.25) is 0 Å². The smallest absolute Gasteiger partial charge is 0.127 e. The highest BCUT2D eigenvalue weighted by Gasteiger charge is 2.32. The summed E-state index contributed by atoms with van der Waals surface area (Å²) < 4.78 is 10.3. The topological polar surface area (TPSA) is 38.8 Å². The quantitative estimate of drug-likeness (QED) is 0.351. The van der Waals surface area contributed by atoms with Gasteiger partial charge in [-0.1, -0.05) is 25.7 Å². The van der Waals surface area contributed by atoms with Crippen molar-refractivity contribution in [3.8, 4) is 0 Å². The Hall–Kier alpha value is -0.450. The lowest BCUT2D eigenvalue weighted by Gasteiger charge is -2.33. The van der Waals surface area contributed by atoms with Gasteiger partial charge < -0.3 is 14.3 Å². The first-order valence-electron chi connectivity index (χ1n) is 7.93. The summed E-state index contributed by atoms with van der Waals surface area (Å²) in [6.07, 6.45) is 9.26. The Bertz CT molecular complexity index is 250. The Labute approximate surface area is 123 Å². The molecule has 0 spiro atoms. The maximum Gasteiger partial charge on any atom is 0.127 e. The van der Waals surface area contributed by atoms with Gasteiger partial charge in [0.2, 0.25) is 0 Å². The zero-order chi connectivity index (χ0) is 14.7. The van der Waals surface area contributed by atoms with Crippen LogP contribution >= 0.6 is 0 Å². The van der Waals surface area contributed by atoms with E-state index >= 15 is 0 Å². The van der Waals surface area contributed by atoms with Gasteiger partial charge in [0, 0.05) is 45.9 Å². The van der Waals surface area contributed by atoms with Gasteiger partial charge in [-0.05, 0) is 19.3 Å². The molecule has 0 aromatic carbocycles. The maximum absolute atomic E-state index is 11.7. The average molecular weight is 285 g/mol. The minimum atomic E-state index is -0.128. The Morgan fingerprint density at radius 1 is 1.00 bits per heavy atom. The lowest BCUT2D eigenvalue weighted by atomic mass is 9.81. The molecule has 0 radical (unpaired) electrons. The number of rotatable bonds is 10. The van der Waals surface area contributed by atoms with E-state index in [4.69, 9.17) is 9.47 Å². The molecule has 0 aliphatic heterocycles. The van der Waals surface area contributed by atoms with Gasteiger partial charge in [0.05, 0.1) is 6.61 Å². The van der Waals surface area contributed by atoms with Gasteiger partial charge in [-0.25, -0.2) is 0 Å². The minimum absolute atomic E-state index is 0.128. The van der Waals surface area contributed by atoms with Gasteiger partial charge in [-0.15, -0.1) is 0 Å². The summed E-state index contributed by atoms with van der Waals surface area (Å²) in [4.78, 5) is 14.1. The molecule has 4 nitrogen and oxygen atoms in total.